The first-order chi connectivity index (χ1) is 9.63. The number of carboxylic acid groups (broad SMARTS) is 1. The fraction of sp³-hybridized carbons (Fsp3) is 0.417. The minimum Gasteiger partial charge on any atom is -0.478 e. The molecule has 0 radical (unpaired) electrons. The highest BCUT2D eigenvalue weighted by molar-refractivity contribution is 7.89. The van der Waals surface area contributed by atoms with E-state index in [0.717, 1.165) is 12.1 Å². The molecule has 5 nitrogen and oxygen atoms in total. The summed E-state index contributed by atoms with van der Waals surface area (Å²) in [4.78, 5) is 10.5. The van der Waals surface area contributed by atoms with Crippen molar-refractivity contribution in [2.45, 2.75) is 23.7 Å². The Bertz CT molecular complexity index is 678. The van der Waals surface area contributed by atoms with E-state index in [1.165, 1.54) is 6.07 Å². The van der Waals surface area contributed by atoms with Crippen molar-refractivity contribution in [1.29, 1.82) is 0 Å². The lowest BCUT2D eigenvalue weighted by Gasteiger charge is -2.31. The molecule has 0 aliphatic carbocycles. The van der Waals surface area contributed by atoms with E-state index in [1.807, 2.05) is 0 Å². The Hall–Kier alpha value is -1.25. The van der Waals surface area contributed by atoms with Crippen LogP contribution in [0, 0.1) is 0 Å². The molecule has 0 spiro atoms. The highest BCUT2D eigenvalue weighted by Crippen LogP contribution is 2.32. The zero-order valence-corrected chi connectivity index (χ0v) is 12.3. The van der Waals surface area contributed by atoms with Crippen LogP contribution in [0.1, 0.15) is 23.2 Å². The van der Waals surface area contributed by atoms with E-state index in [-0.39, 0.29) is 24.4 Å². The van der Waals surface area contributed by atoms with Crippen LogP contribution in [-0.4, -0.2) is 42.8 Å². The molecule has 0 amide bonds. The SMILES string of the molecule is O=C(O)c1ccc(Cl)cc1S(=O)(=O)N1CCCC(F)(F)C1. The van der Waals surface area contributed by atoms with Gasteiger partial charge in [0.05, 0.1) is 17.0 Å². The standard InChI is InChI=1S/C12H12ClF2NO4S/c13-8-2-3-9(11(17)18)10(6-8)21(19,20)16-5-1-4-12(14,15)7-16/h2-3,6H,1,4-5,7H2,(H,17,18). The van der Waals surface area contributed by atoms with Crippen LogP contribution in [0.5, 0.6) is 0 Å². The minimum atomic E-state index is -4.34. The molecule has 9 heteroatoms. The van der Waals surface area contributed by atoms with Crippen LogP contribution < -0.4 is 0 Å². The number of aromatic carboxylic acids is 1. The molecule has 2 rings (SSSR count). The highest BCUT2D eigenvalue weighted by atomic mass is 35.5. The van der Waals surface area contributed by atoms with Gasteiger partial charge in [0.25, 0.3) is 5.92 Å². The van der Waals surface area contributed by atoms with Crippen LogP contribution in [0.25, 0.3) is 0 Å². The van der Waals surface area contributed by atoms with Crippen molar-refractivity contribution in [3.8, 4) is 0 Å². The Labute approximate surface area is 125 Å². The molecule has 0 atom stereocenters. The zero-order valence-electron chi connectivity index (χ0n) is 10.7. The van der Waals surface area contributed by atoms with Crippen molar-refractivity contribution in [2.75, 3.05) is 13.1 Å². The van der Waals surface area contributed by atoms with Gasteiger partial charge >= 0.3 is 5.97 Å². The van der Waals surface area contributed by atoms with Gasteiger partial charge in [0.15, 0.2) is 0 Å². The number of halogens is 3. The van der Waals surface area contributed by atoms with Gasteiger partial charge in [-0.1, -0.05) is 11.6 Å². The van der Waals surface area contributed by atoms with Crippen LogP contribution in [0.4, 0.5) is 8.78 Å². The van der Waals surface area contributed by atoms with E-state index in [4.69, 9.17) is 16.7 Å². The number of sulfonamides is 1. The molecule has 1 N–H and O–H groups in total. The fourth-order valence-corrected chi connectivity index (χ4v) is 4.11. The third-order valence-electron chi connectivity index (χ3n) is 3.15. The number of alkyl halides is 2. The van der Waals surface area contributed by atoms with E-state index >= 15 is 0 Å². The van der Waals surface area contributed by atoms with Gasteiger partial charge in [0.2, 0.25) is 10.0 Å². The summed E-state index contributed by atoms with van der Waals surface area (Å²) in [6, 6.07) is 3.24. The third kappa shape index (κ3) is 3.33. The van der Waals surface area contributed by atoms with E-state index in [1.54, 1.807) is 0 Å². The summed E-state index contributed by atoms with van der Waals surface area (Å²) < 4.78 is 52.2. The number of benzene rings is 1. The van der Waals surface area contributed by atoms with Gasteiger partial charge < -0.3 is 5.11 Å². The summed E-state index contributed by atoms with van der Waals surface area (Å²) in [7, 11) is -4.34. The number of hydrogen-bond donors (Lipinski definition) is 1. The van der Waals surface area contributed by atoms with Gasteiger partial charge in [-0.2, -0.15) is 4.31 Å². The Balaban J connectivity index is 2.49. The van der Waals surface area contributed by atoms with Crippen molar-refractivity contribution in [2.24, 2.45) is 0 Å². The van der Waals surface area contributed by atoms with Crippen LogP contribution in [0.2, 0.25) is 5.02 Å². The predicted octanol–water partition coefficient (Wildman–Crippen LogP) is 2.46. The largest absolute Gasteiger partial charge is 0.478 e. The molecule has 1 aliphatic heterocycles. The number of carbonyl (C=O) groups is 1. The molecule has 1 aromatic carbocycles. The second kappa shape index (κ2) is 5.51. The van der Waals surface area contributed by atoms with Crippen molar-refractivity contribution >= 4 is 27.6 Å². The quantitative estimate of drug-likeness (QED) is 0.918. The van der Waals surface area contributed by atoms with Gasteiger partial charge in [-0.3, -0.25) is 0 Å². The van der Waals surface area contributed by atoms with E-state index in [9.17, 15) is 22.0 Å². The first-order valence-electron chi connectivity index (χ1n) is 6.04. The van der Waals surface area contributed by atoms with Crippen LogP contribution >= 0.6 is 11.6 Å². The van der Waals surface area contributed by atoms with Gasteiger partial charge in [-0.15, -0.1) is 0 Å². The zero-order chi connectivity index (χ0) is 15.8. The molecule has 21 heavy (non-hydrogen) atoms. The first kappa shape index (κ1) is 16.1. The second-order valence-electron chi connectivity index (χ2n) is 4.74. The lowest BCUT2D eigenvalue weighted by molar-refractivity contribution is -0.0434. The van der Waals surface area contributed by atoms with Crippen molar-refractivity contribution in [3.63, 3.8) is 0 Å². The summed E-state index contributed by atoms with van der Waals surface area (Å²) in [5.74, 6) is -4.58. The smallest absolute Gasteiger partial charge is 0.337 e. The summed E-state index contributed by atoms with van der Waals surface area (Å²) in [5.41, 5.74) is -0.492. The van der Waals surface area contributed by atoms with E-state index in [0.29, 0.717) is 4.31 Å². The maximum atomic E-state index is 13.4. The Morgan fingerprint density at radius 1 is 1.38 bits per heavy atom. The van der Waals surface area contributed by atoms with Crippen LogP contribution in [-0.2, 0) is 10.0 Å². The predicted molar refractivity (Wildman–Crippen MR) is 71.4 cm³/mol. The minimum absolute atomic E-state index is 0.00913. The Morgan fingerprint density at radius 2 is 2.05 bits per heavy atom. The number of hydrogen-bond acceptors (Lipinski definition) is 3. The molecular formula is C12H12ClF2NO4S. The molecule has 1 fully saturated rings. The molecule has 0 unspecified atom stereocenters. The van der Waals surface area contributed by atoms with Crippen molar-refractivity contribution in [3.05, 3.63) is 28.8 Å². The molecular weight excluding hydrogens is 328 g/mol. The fourth-order valence-electron chi connectivity index (χ4n) is 2.16. The van der Waals surface area contributed by atoms with Gasteiger partial charge in [-0.05, 0) is 24.6 Å². The number of piperidine rings is 1. The van der Waals surface area contributed by atoms with E-state index < -0.39 is 38.9 Å². The molecule has 1 saturated heterocycles. The van der Waals surface area contributed by atoms with Gasteiger partial charge in [0.1, 0.15) is 0 Å². The van der Waals surface area contributed by atoms with Gasteiger partial charge in [-0.25, -0.2) is 22.0 Å². The van der Waals surface area contributed by atoms with Gasteiger partial charge in [0, 0.05) is 18.0 Å². The van der Waals surface area contributed by atoms with Crippen LogP contribution in [0.15, 0.2) is 23.1 Å². The molecule has 0 aromatic heterocycles. The maximum Gasteiger partial charge on any atom is 0.337 e. The first-order valence-corrected chi connectivity index (χ1v) is 7.86. The molecule has 1 aromatic rings. The summed E-state index contributed by atoms with van der Waals surface area (Å²) in [6.07, 6.45) is -0.379. The van der Waals surface area contributed by atoms with Crippen molar-refractivity contribution < 1.29 is 27.1 Å². The topological polar surface area (TPSA) is 74.7 Å². The number of rotatable bonds is 3. The van der Waals surface area contributed by atoms with Crippen LogP contribution in [0.3, 0.4) is 0 Å². The van der Waals surface area contributed by atoms with E-state index in [2.05, 4.69) is 0 Å². The Morgan fingerprint density at radius 3 is 2.62 bits per heavy atom. The molecule has 0 bridgehead atoms. The maximum absolute atomic E-state index is 13.4. The van der Waals surface area contributed by atoms with Crippen molar-refractivity contribution in [1.82, 2.24) is 4.31 Å². The number of nitrogens with zero attached hydrogens (tertiary/aromatic N) is 1. The summed E-state index contributed by atoms with van der Waals surface area (Å²) in [5, 5.41) is 9.06. The summed E-state index contributed by atoms with van der Waals surface area (Å²) in [6.45, 7) is -1.04. The molecule has 1 aliphatic rings. The third-order valence-corrected chi connectivity index (χ3v) is 5.27. The average molecular weight is 340 g/mol. The normalized spacial score (nSPS) is 19.4. The molecule has 1 heterocycles. The molecule has 0 saturated carbocycles. The monoisotopic (exact) mass is 339 g/mol. The average Bonchev–Trinajstić information content (AvgIpc) is 2.37. The molecule has 116 valence electrons. The highest BCUT2D eigenvalue weighted by Gasteiger charge is 2.41. The Kier molecular flexibility index (Phi) is 4.23. The number of carboxylic acids is 1. The lowest BCUT2D eigenvalue weighted by Crippen LogP contribution is -2.45. The lowest BCUT2D eigenvalue weighted by atomic mass is 10.1. The second-order valence-corrected chi connectivity index (χ2v) is 7.09. The summed E-state index contributed by atoms with van der Waals surface area (Å²) >= 11 is 5.70.